The van der Waals surface area contributed by atoms with Crippen LogP contribution in [0.1, 0.15) is 44.1 Å². The van der Waals surface area contributed by atoms with Gasteiger partial charge in [-0.2, -0.15) is 0 Å². The lowest BCUT2D eigenvalue weighted by Crippen LogP contribution is -2.36. The number of benzene rings is 1. The van der Waals surface area contributed by atoms with Crippen molar-refractivity contribution in [2.45, 2.75) is 44.6 Å². The summed E-state index contributed by atoms with van der Waals surface area (Å²) in [4.78, 5) is 10.9. The van der Waals surface area contributed by atoms with E-state index in [-0.39, 0.29) is 11.8 Å². The van der Waals surface area contributed by atoms with E-state index in [4.69, 9.17) is 5.11 Å². The van der Waals surface area contributed by atoms with Gasteiger partial charge in [0, 0.05) is 18.7 Å². The van der Waals surface area contributed by atoms with Crippen LogP contribution in [-0.2, 0) is 4.79 Å². The molecule has 0 aliphatic heterocycles. The third kappa shape index (κ3) is 4.49. The van der Waals surface area contributed by atoms with Gasteiger partial charge >= 0.3 is 5.97 Å². The van der Waals surface area contributed by atoms with Gasteiger partial charge in [0.05, 0.1) is 5.92 Å². The van der Waals surface area contributed by atoms with E-state index in [0.717, 1.165) is 18.9 Å². The SMILES string of the molecule is CC(CNC1CCC(C(=O)O)CC1)c1cc(F)cc(F)c1. The summed E-state index contributed by atoms with van der Waals surface area (Å²) in [6.07, 6.45) is 3.05. The van der Waals surface area contributed by atoms with Crippen molar-refractivity contribution < 1.29 is 18.7 Å². The predicted molar refractivity (Wildman–Crippen MR) is 76.2 cm³/mol. The Morgan fingerprint density at radius 3 is 2.33 bits per heavy atom. The maximum absolute atomic E-state index is 13.2. The van der Waals surface area contributed by atoms with Crippen LogP contribution in [-0.4, -0.2) is 23.7 Å². The normalized spacial score (nSPS) is 23.8. The van der Waals surface area contributed by atoms with Crippen LogP contribution in [0.4, 0.5) is 8.78 Å². The molecule has 2 N–H and O–H groups in total. The van der Waals surface area contributed by atoms with Crippen LogP contribution in [0, 0.1) is 17.6 Å². The van der Waals surface area contributed by atoms with E-state index < -0.39 is 17.6 Å². The van der Waals surface area contributed by atoms with Crippen molar-refractivity contribution in [1.82, 2.24) is 5.32 Å². The molecule has 0 saturated heterocycles. The van der Waals surface area contributed by atoms with Crippen LogP contribution in [0.25, 0.3) is 0 Å². The number of hydrogen-bond acceptors (Lipinski definition) is 2. The van der Waals surface area contributed by atoms with Crippen molar-refractivity contribution in [3.8, 4) is 0 Å². The van der Waals surface area contributed by atoms with E-state index in [9.17, 15) is 13.6 Å². The average molecular weight is 297 g/mol. The molecule has 0 radical (unpaired) electrons. The summed E-state index contributed by atoms with van der Waals surface area (Å²) in [6.45, 7) is 2.55. The molecule has 21 heavy (non-hydrogen) atoms. The monoisotopic (exact) mass is 297 g/mol. The third-order valence-corrected chi connectivity index (χ3v) is 4.24. The van der Waals surface area contributed by atoms with E-state index in [1.54, 1.807) is 0 Å². The molecule has 116 valence electrons. The summed E-state index contributed by atoms with van der Waals surface area (Å²) in [6, 6.07) is 3.88. The maximum atomic E-state index is 13.2. The Morgan fingerprint density at radius 1 is 1.24 bits per heavy atom. The predicted octanol–water partition coefficient (Wildman–Crippen LogP) is 3.30. The molecular weight excluding hydrogens is 276 g/mol. The van der Waals surface area contributed by atoms with Crippen molar-refractivity contribution in [2.24, 2.45) is 5.92 Å². The molecule has 1 unspecified atom stereocenters. The summed E-state index contributed by atoms with van der Waals surface area (Å²) in [5.41, 5.74) is 0.638. The Bertz CT molecular complexity index is 479. The third-order valence-electron chi connectivity index (χ3n) is 4.24. The van der Waals surface area contributed by atoms with E-state index in [0.29, 0.717) is 31.0 Å². The van der Waals surface area contributed by atoms with Gasteiger partial charge in [-0.15, -0.1) is 0 Å². The zero-order chi connectivity index (χ0) is 15.4. The quantitative estimate of drug-likeness (QED) is 0.876. The number of carboxylic acids is 1. The second-order valence-electron chi connectivity index (χ2n) is 5.90. The molecule has 5 heteroatoms. The lowest BCUT2D eigenvalue weighted by atomic mass is 9.86. The zero-order valence-corrected chi connectivity index (χ0v) is 12.1. The van der Waals surface area contributed by atoms with Gasteiger partial charge in [-0.25, -0.2) is 8.78 Å². The molecule has 1 atom stereocenters. The Balaban J connectivity index is 1.82. The molecule has 0 bridgehead atoms. The van der Waals surface area contributed by atoms with Crippen LogP contribution in [0.2, 0.25) is 0 Å². The molecule has 1 aliphatic carbocycles. The molecule has 0 heterocycles. The fraction of sp³-hybridized carbons (Fsp3) is 0.562. The highest BCUT2D eigenvalue weighted by atomic mass is 19.1. The standard InChI is InChI=1S/C16H21F2NO2/c1-10(12-6-13(17)8-14(18)7-12)9-19-15-4-2-11(3-5-15)16(20)21/h6-8,10-11,15,19H,2-5,9H2,1H3,(H,20,21). The van der Waals surface area contributed by atoms with Crippen molar-refractivity contribution in [3.63, 3.8) is 0 Å². The molecular formula is C16H21F2NO2. The largest absolute Gasteiger partial charge is 0.481 e. The van der Waals surface area contributed by atoms with Crippen molar-refractivity contribution in [2.75, 3.05) is 6.54 Å². The zero-order valence-electron chi connectivity index (χ0n) is 12.1. The molecule has 1 saturated carbocycles. The summed E-state index contributed by atoms with van der Waals surface area (Å²) in [5, 5.41) is 12.3. The first-order chi connectivity index (χ1) is 9.95. The fourth-order valence-electron chi connectivity index (χ4n) is 2.87. The molecule has 0 amide bonds. The molecule has 1 aliphatic rings. The fourth-order valence-corrected chi connectivity index (χ4v) is 2.87. The molecule has 1 aromatic carbocycles. The van der Waals surface area contributed by atoms with Gasteiger partial charge in [-0.05, 0) is 49.3 Å². The van der Waals surface area contributed by atoms with Gasteiger partial charge in [0.15, 0.2) is 0 Å². The van der Waals surface area contributed by atoms with Gasteiger partial charge in [0.2, 0.25) is 0 Å². The minimum atomic E-state index is -0.711. The van der Waals surface area contributed by atoms with Gasteiger partial charge in [-0.3, -0.25) is 4.79 Å². The van der Waals surface area contributed by atoms with Crippen LogP contribution >= 0.6 is 0 Å². The highest BCUT2D eigenvalue weighted by Gasteiger charge is 2.25. The maximum Gasteiger partial charge on any atom is 0.306 e. The van der Waals surface area contributed by atoms with Gasteiger partial charge < -0.3 is 10.4 Å². The molecule has 0 spiro atoms. The highest BCUT2D eigenvalue weighted by Crippen LogP contribution is 2.25. The Kier molecular flexibility index (Phi) is 5.28. The first kappa shape index (κ1) is 15.9. The molecule has 1 aromatic rings. The number of hydrogen-bond donors (Lipinski definition) is 2. The summed E-state index contributed by atoms with van der Waals surface area (Å²) in [7, 11) is 0. The average Bonchev–Trinajstić information content (AvgIpc) is 2.44. The second kappa shape index (κ2) is 6.98. The van der Waals surface area contributed by atoms with E-state index in [2.05, 4.69) is 5.32 Å². The minimum Gasteiger partial charge on any atom is -0.481 e. The Hall–Kier alpha value is -1.49. The Labute approximate surface area is 123 Å². The van der Waals surface area contributed by atoms with Crippen LogP contribution in [0.5, 0.6) is 0 Å². The second-order valence-corrected chi connectivity index (χ2v) is 5.90. The first-order valence-corrected chi connectivity index (χ1v) is 7.38. The summed E-state index contributed by atoms with van der Waals surface area (Å²) in [5.74, 6) is -2.04. The Morgan fingerprint density at radius 2 is 1.81 bits per heavy atom. The van der Waals surface area contributed by atoms with Crippen LogP contribution in [0.15, 0.2) is 18.2 Å². The van der Waals surface area contributed by atoms with Crippen LogP contribution < -0.4 is 5.32 Å². The number of halogens is 2. The first-order valence-electron chi connectivity index (χ1n) is 7.38. The number of rotatable bonds is 5. The lowest BCUT2D eigenvalue weighted by Gasteiger charge is -2.28. The number of carboxylic acid groups (broad SMARTS) is 1. The van der Waals surface area contributed by atoms with Gasteiger partial charge in [0.1, 0.15) is 11.6 Å². The van der Waals surface area contributed by atoms with E-state index in [1.807, 2.05) is 6.92 Å². The van der Waals surface area contributed by atoms with Crippen molar-refractivity contribution in [3.05, 3.63) is 35.4 Å². The minimum absolute atomic E-state index is 0.00685. The van der Waals surface area contributed by atoms with E-state index >= 15 is 0 Å². The molecule has 3 nitrogen and oxygen atoms in total. The summed E-state index contributed by atoms with van der Waals surface area (Å²) >= 11 is 0. The van der Waals surface area contributed by atoms with E-state index in [1.165, 1.54) is 12.1 Å². The molecule has 1 fully saturated rings. The van der Waals surface area contributed by atoms with Gasteiger partial charge in [0.25, 0.3) is 0 Å². The molecule has 2 rings (SSSR count). The number of carbonyl (C=O) groups is 1. The van der Waals surface area contributed by atoms with Crippen molar-refractivity contribution >= 4 is 5.97 Å². The summed E-state index contributed by atoms with van der Waals surface area (Å²) < 4.78 is 26.4. The smallest absolute Gasteiger partial charge is 0.306 e. The van der Waals surface area contributed by atoms with Crippen molar-refractivity contribution in [1.29, 1.82) is 0 Å². The lowest BCUT2D eigenvalue weighted by molar-refractivity contribution is -0.142. The number of nitrogens with one attached hydrogen (secondary N) is 1. The highest BCUT2D eigenvalue weighted by molar-refractivity contribution is 5.70. The topological polar surface area (TPSA) is 49.3 Å². The van der Waals surface area contributed by atoms with Gasteiger partial charge in [-0.1, -0.05) is 6.92 Å². The number of aliphatic carboxylic acids is 1. The van der Waals surface area contributed by atoms with Crippen LogP contribution in [0.3, 0.4) is 0 Å². The molecule has 0 aromatic heterocycles.